The number of sulfonamides is 1. The summed E-state index contributed by atoms with van der Waals surface area (Å²) in [6.07, 6.45) is 4.12. The smallest absolute Gasteiger partial charge is 0.250 e. The third-order valence-electron chi connectivity index (χ3n) is 6.50. The highest BCUT2D eigenvalue weighted by molar-refractivity contribution is 7.90. The maximum atomic E-state index is 13.2. The maximum absolute atomic E-state index is 13.2. The minimum absolute atomic E-state index is 0.195. The van der Waals surface area contributed by atoms with E-state index in [0.717, 1.165) is 12.8 Å². The van der Waals surface area contributed by atoms with E-state index in [2.05, 4.69) is 17.0 Å². The second-order valence-corrected chi connectivity index (χ2v) is 13.2. The molecule has 200 valence electrons. The number of amides is 1. The zero-order chi connectivity index (χ0) is 27.3. The lowest BCUT2D eigenvalue weighted by atomic mass is 10.2. The molecule has 0 atom stereocenters. The summed E-state index contributed by atoms with van der Waals surface area (Å²) in [6.45, 7) is 2.96. The first-order valence-corrected chi connectivity index (χ1v) is 15.5. The Morgan fingerprint density at radius 1 is 0.816 bits per heavy atom. The predicted molar refractivity (Wildman–Crippen MR) is 149 cm³/mol. The molecule has 0 radical (unpaired) electrons. The molecule has 0 aromatic heterocycles. The standard InChI is InChI=1S/C28H31N3O5S2/c1-29(28(32)17-10-23-8-13-26(14-9-23)37(2,33)34)25-11-15-27(16-12-25)38(35,36)31-20-18-30(19-21-31)22-24-6-4-3-5-7-24/h3-17H,18-22H2,1-2H3. The second kappa shape index (κ2) is 11.6. The molecule has 3 aromatic carbocycles. The number of piperazine rings is 1. The van der Waals surface area contributed by atoms with Crippen LogP contribution in [0.2, 0.25) is 0 Å². The minimum atomic E-state index is -3.63. The van der Waals surface area contributed by atoms with Crippen LogP contribution in [-0.2, 0) is 31.2 Å². The molecule has 4 rings (SSSR count). The largest absolute Gasteiger partial charge is 0.312 e. The van der Waals surface area contributed by atoms with E-state index in [-0.39, 0.29) is 15.7 Å². The molecule has 0 N–H and O–H groups in total. The van der Waals surface area contributed by atoms with Gasteiger partial charge in [0.15, 0.2) is 9.84 Å². The molecule has 1 heterocycles. The van der Waals surface area contributed by atoms with Gasteiger partial charge in [-0.1, -0.05) is 42.5 Å². The van der Waals surface area contributed by atoms with Crippen LogP contribution in [0.1, 0.15) is 11.1 Å². The van der Waals surface area contributed by atoms with E-state index in [4.69, 9.17) is 0 Å². The van der Waals surface area contributed by atoms with Crippen LogP contribution < -0.4 is 4.90 Å². The Labute approximate surface area is 224 Å². The number of hydrogen-bond donors (Lipinski definition) is 0. The van der Waals surface area contributed by atoms with Crippen molar-refractivity contribution in [1.29, 1.82) is 0 Å². The van der Waals surface area contributed by atoms with Gasteiger partial charge in [-0.2, -0.15) is 4.31 Å². The van der Waals surface area contributed by atoms with Crippen LogP contribution in [0.5, 0.6) is 0 Å². The summed E-state index contributed by atoms with van der Waals surface area (Å²) in [5.41, 5.74) is 2.45. The van der Waals surface area contributed by atoms with E-state index in [1.807, 2.05) is 18.2 Å². The van der Waals surface area contributed by atoms with E-state index in [1.54, 1.807) is 37.4 Å². The number of benzene rings is 3. The Morgan fingerprint density at radius 3 is 1.97 bits per heavy atom. The highest BCUT2D eigenvalue weighted by Crippen LogP contribution is 2.22. The van der Waals surface area contributed by atoms with Gasteiger partial charge < -0.3 is 4.90 Å². The molecule has 10 heteroatoms. The van der Waals surface area contributed by atoms with Gasteiger partial charge in [-0.25, -0.2) is 16.8 Å². The number of sulfone groups is 1. The molecule has 38 heavy (non-hydrogen) atoms. The number of anilines is 1. The molecule has 1 amide bonds. The van der Waals surface area contributed by atoms with Crippen molar-refractivity contribution in [2.24, 2.45) is 0 Å². The third-order valence-corrected chi connectivity index (χ3v) is 9.54. The molecular weight excluding hydrogens is 522 g/mol. The van der Waals surface area contributed by atoms with Gasteiger partial charge in [0.2, 0.25) is 10.0 Å². The average Bonchev–Trinajstić information content (AvgIpc) is 2.92. The van der Waals surface area contributed by atoms with Crippen molar-refractivity contribution >= 4 is 37.5 Å². The lowest BCUT2D eigenvalue weighted by Gasteiger charge is -2.34. The summed E-state index contributed by atoms with van der Waals surface area (Å²) in [4.78, 5) is 16.7. The molecule has 8 nitrogen and oxygen atoms in total. The quantitative estimate of drug-likeness (QED) is 0.398. The predicted octanol–water partition coefficient (Wildman–Crippen LogP) is 3.27. The van der Waals surface area contributed by atoms with E-state index in [9.17, 15) is 21.6 Å². The molecule has 0 saturated carbocycles. The Morgan fingerprint density at radius 2 is 1.39 bits per heavy atom. The van der Waals surface area contributed by atoms with Crippen LogP contribution in [0.4, 0.5) is 5.69 Å². The molecule has 0 unspecified atom stereocenters. The van der Waals surface area contributed by atoms with Gasteiger partial charge in [0.1, 0.15) is 0 Å². The monoisotopic (exact) mass is 553 g/mol. The topological polar surface area (TPSA) is 95.1 Å². The molecular formula is C28H31N3O5S2. The minimum Gasteiger partial charge on any atom is -0.312 e. The van der Waals surface area contributed by atoms with E-state index in [0.29, 0.717) is 37.4 Å². The van der Waals surface area contributed by atoms with Crippen molar-refractivity contribution in [3.8, 4) is 0 Å². The number of nitrogens with zero attached hydrogens (tertiary/aromatic N) is 3. The summed E-state index contributed by atoms with van der Waals surface area (Å²) >= 11 is 0. The van der Waals surface area contributed by atoms with Crippen molar-refractivity contribution in [3.05, 3.63) is 96.1 Å². The van der Waals surface area contributed by atoms with Crippen molar-refractivity contribution in [3.63, 3.8) is 0 Å². The fraction of sp³-hybridized carbons (Fsp3) is 0.250. The van der Waals surface area contributed by atoms with Crippen LogP contribution in [0.25, 0.3) is 6.08 Å². The van der Waals surface area contributed by atoms with Crippen LogP contribution in [0.15, 0.2) is 94.7 Å². The molecule has 0 aliphatic carbocycles. The summed E-state index contributed by atoms with van der Waals surface area (Å²) in [7, 11) is -5.31. The lowest BCUT2D eigenvalue weighted by molar-refractivity contribution is -0.113. The highest BCUT2D eigenvalue weighted by atomic mass is 32.2. The van der Waals surface area contributed by atoms with Crippen LogP contribution in [0, 0.1) is 0 Å². The van der Waals surface area contributed by atoms with E-state index in [1.165, 1.54) is 45.1 Å². The first kappa shape index (κ1) is 27.7. The number of carbonyl (C=O) groups is 1. The Balaban J connectivity index is 1.35. The summed E-state index contributed by atoms with van der Waals surface area (Å²) in [6, 6.07) is 22.6. The SMILES string of the molecule is CN(C(=O)C=Cc1ccc(S(C)(=O)=O)cc1)c1ccc(S(=O)(=O)N2CCN(Cc3ccccc3)CC2)cc1. The zero-order valence-corrected chi connectivity index (χ0v) is 23.0. The van der Waals surface area contributed by atoms with Gasteiger partial charge >= 0.3 is 0 Å². The fourth-order valence-corrected chi connectivity index (χ4v) is 6.25. The van der Waals surface area contributed by atoms with Crippen molar-refractivity contribution in [2.75, 3.05) is 44.4 Å². The number of carbonyl (C=O) groups excluding carboxylic acids is 1. The lowest BCUT2D eigenvalue weighted by Crippen LogP contribution is -2.48. The number of rotatable bonds is 8. The Bertz CT molecular complexity index is 1490. The fourth-order valence-electron chi connectivity index (χ4n) is 4.19. The molecule has 1 saturated heterocycles. The van der Waals surface area contributed by atoms with Crippen LogP contribution in [-0.4, -0.2) is 71.4 Å². The Kier molecular flexibility index (Phi) is 8.47. The van der Waals surface area contributed by atoms with Gasteiger partial charge in [-0.05, 0) is 53.6 Å². The van der Waals surface area contributed by atoms with Crippen molar-refractivity contribution < 1.29 is 21.6 Å². The molecule has 0 spiro atoms. The van der Waals surface area contributed by atoms with E-state index < -0.39 is 19.9 Å². The first-order chi connectivity index (χ1) is 18.0. The van der Waals surface area contributed by atoms with Gasteiger partial charge in [0, 0.05) is 57.8 Å². The average molecular weight is 554 g/mol. The van der Waals surface area contributed by atoms with Crippen LogP contribution >= 0.6 is 0 Å². The molecule has 1 aliphatic heterocycles. The zero-order valence-electron chi connectivity index (χ0n) is 21.4. The third kappa shape index (κ3) is 6.76. The Hall–Kier alpha value is -3.31. The van der Waals surface area contributed by atoms with Gasteiger partial charge in [-0.3, -0.25) is 9.69 Å². The van der Waals surface area contributed by atoms with Gasteiger partial charge in [0.25, 0.3) is 5.91 Å². The normalized spacial score (nSPS) is 15.5. The van der Waals surface area contributed by atoms with Crippen LogP contribution in [0.3, 0.4) is 0 Å². The molecule has 1 aliphatic rings. The maximum Gasteiger partial charge on any atom is 0.250 e. The van der Waals surface area contributed by atoms with E-state index >= 15 is 0 Å². The number of hydrogen-bond acceptors (Lipinski definition) is 6. The summed E-state index contributed by atoms with van der Waals surface area (Å²) in [5, 5.41) is 0. The summed E-state index contributed by atoms with van der Waals surface area (Å²) in [5.74, 6) is -0.303. The van der Waals surface area contributed by atoms with Crippen molar-refractivity contribution in [2.45, 2.75) is 16.3 Å². The molecule has 3 aromatic rings. The second-order valence-electron chi connectivity index (χ2n) is 9.23. The highest BCUT2D eigenvalue weighted by Gasteiger charge is 2.28. The van der Waals surface area contributed by atoms with Gasteiger partial charge in [-0.15, -0.1) is 0 Å². The number of likely N-dealkylation sites (N-methyl/N-ethyl adjacent to an activating group) is 1. The van der Waals surface area contributed by atoms with Crippen molar-refractivity contribution in [1.82, 2.24) is 9.21 Å². The first-order valence-electron chi connectivity index (χ1n) is 12.2. The molecule has 1 fully saturated rings. The summed E-state index contributed by atoms with van der Waals surface area (Å²) < 4.78 is 51.1. The molecule has 0 bridgehead atoms. The van der Waals surface area contributed by atoms with Gasteiger partial charge in [0.05, 0.1) is 9.79 Å².